The second-order valence-electron chi connectivity index (χ2n) is 16.6. The van der Waals surface area contributed by atoms with Crippen LogP contribution in [-0.2, 0) is 23.7 Å². The minimum absolute atomic E-state index is 0.106. The molecule has 4 N–H and O–H groups in total. The van der Waals surface area contributed by atoms with E-state index in [4.69, 9.17) is 18.9 Å². The van der Waals surface area contributed by atoms with Crippen molar-refractivity contribution in [3.05, 3.63) is 0 Å². The molecule has 9 heteroatoms. The Morgan fingerprint density at radius 1 is 0.509 bits per heavy atom. The number of aliphatic hydroxyl groups is 4. The summed E-state index contributed by atoms with van der Waals surface area (Å²) in [6, 6.07) is 0. The van der Waals surface area contributed by atoms with Gasteiger partial charge in [0.25, 0.3) is 0 Å². The maximum absolute atomic E-state index is 12.7. The van der Waals surface area contributed by atoms with Gasteiger partial charge in [0.15, 0.2) is 6.29 Å². The van der Waals surface area contributed by atoms with E-state index in [0.29, 0.717) is 13.0 Å². The quantitative estimate of drug-likeness (QED) is 0.0353. The fraction of sp³-hybridized carbons (Fsp3) is 0.978. The van der Waals surface area contributed by atoms with E-state index in [9.17, 15) is 25.2 Å². The van der Waals surface area contributed by atoms with Crippen LogP contribution in [0.15, 0.2) is 0 Å². The van der Waals surface area contributed by atoms with Crippen LogP contribution >= 0.6 is 0 Å². The van der Waals surface area contributed by atoms with Gasteiger partial charge >= 0.3 is 5.97 Å². The monoisotopic (exact) mass is 787 g/mol. The second kappa shape index (κ2) is 38.7. The molecule has 1 heterocycles. The van der Waals surface area contributed by atoms with Crippen molar-refractivity contribution < 1.29 is 44.2 Å². The molecule has 1 aliphatic heterocycles. The van der Waals surface area contributed by atoms with E-state index >= 15 is 0 Å². The van der Waals surface area contributed by atoms with Crippen molar-refractivity contribution in [2.75, 3.05) is 26.4 Å². The van der Waals surface area contributed by atoms with Gasteiger partial charge in [0, 0.05) is 13.0 Å². The van der Waals surface area contributed by atoms with Gasteiger partial charge in [-0.05, 0) is 12.8 Å². The molecule has 55 heavy (non-hydrogen) atoms. The lowest BCUT2D eigenvalue weighted by atomic mass is 9.99. The molecule has 0 aliphatic carbocycles. The molecule has 0 saturated carbocycles. The number of hydrogen-bond acceptors (Lipinski definition) is 9. The third kappa shape index (κ3) is 30.0. The van der Waals surface area contributed by atoms with Gasteiger partial charge in [-0.2, -0.15) is 0 Å². The number of ether oxygens (including phenoxy) is 4. The Balaban J connectivity index is 2.13. The number of carbonyl (C=O) groups excluding carboxylic acids is 1. The SMILES string of the molecule is CCCCCCCCCCCCCCCCCCCCCCCCCOCC(COC1OC(CO)C(O)C(O)C1O)OC(=O)CCCCCCCCCCC. The maximum Gasteiger partial charge on any atom is 0.306 e. The van der Waals surface area contributed by atoms with Crippen LogP contribution in [0.1, 0.15) is 226 Å². The van der Waals surface area contributed by atoms with Crippen LogP contribution in [0.2, 0.25) is 0 Å². The molecule has 6 unspecified atom stereocenters. The maximum atomic E-state index is 12.7. The van der Waals surface area contributed by atoms with Crippen molar-refractivity contribution in [1.82, 2.24) is 0 Å². The molecule has 0 amide bonds. The van der Waals surface area contributed by atoms with Gasteiger partial charge in [0.2, 0.25) is 0 Å². The molecular weight excluding hydrogens is 696 g/mol. The Bertz CT molecular complexity index is 812. The minimum atomic E-state index is -1.53. The topological polar surface area (TPSA) is 135 Å². The third-order valence-electron chi connectivity index (χ3n) is 11.3. The Hall–Kier alpha value is -0.810. The number of carbonyl (C=O) groups is 1. The average Bonchev–Trinajstić information content (AvgIpc) is 3.18. The first kappa shape index (κ1) is 52.2. The van der Waals surface area contributed by atoms with Crippen molar-refractivity contribution in [2.24, 2.45) is 0 Å². The first-order chi connectivity index (χ1) is 26.9. The summed E-state index contributed by atoms with van der Waals surface area (Å²) in [5.74, 6) is -0.312. The van der Waals surface area contributed by atoms with Gasteiger partial charge in [-0.1, -0.05) is 206 Å². The number of hydrogen-bond donors (Lipinski definition) is 4. The Kier molecular flexibility index (Phi) is 36.7. The smallest absolute Gasteiger partial charge is 0.306 e. The molecule has 0 bridgehead atoms. The first-order valence-electron chi connectivity index (χ1n) is 23.6. The summed E-state index contributed by atoms with van der Waals surface area (Å²) in [4.78, 5) is 12.7. The van der Waals surface area contributed by atoms with Crippen LogP contribution < -0.4 is 0 Å². The van der Waals surface area contributed by atoms with Crippen LogP contribution in [0.3, 0.4) is 0 Å². The molecule has 1 fully saturated rings. The molecule has 328 valence electrons. The lowest BCUT2D eigenvalue weighted by molar-refractivity contribution is -0.305. The van der Waals surface area contributed by atoms with Crippen LogP contribution in [0.5, 0.6) is 0 Å². The lowest BCUT2D eigenvalue weighted by Crippen LogP contribution is -2.59. The summed E-state index contributed by atoms with van der Waals surface area (Å²) in [5, 5.41) is 40.0. The summed E-state index contributed by atoms with van der Waals surface area (Å²) >= 11 is 0. The Morgan fingerprint density at radius 2 is 0.891 bits per heavy atom. The molecule has 6 atom stereocenters. The van der Waals surface area contributed by atoms with Gasteiger partial charge in [-0.25, -0.2) is 0 Å². The van der Waals surface area contributed by atoms with Crippen molar-refractivity contribution >= 4 is 5.97 Å². The van der Waals surface area contributed by atoms with Crippen LogP contribution in [0.25, 0.3) is 0 Å². The summed E-state index contributed by atoms with van der Waals surface area (Å²) in [7, 11) is 0. The lowest BCUT2D eigenvalue weighted by Gasteiger charge is -2.39. The fourth-order valence-corrected chi connectivity index (χ4v) is 7.55. The highest BCUT2D eigenvalue weighted by Gasteiger charge is 2.44. The van der Waals surface area contributed by atoms with Gasteiger partial charge in [-0.3, -0.25) is 4.79 Å². The zero-order valence-corrected chi connectivity index (χ0v) is 36.0. The predicted molar refractivity (Wildman–Crippen MR) is 224 cm³/mol. The van der Waals surface area contributed by atoms with Crippen molar-refractivity contribution in [3.8, 4) is 0 Å². The molecule has 0 aromatic carbocycles. The fourth-order valence-electron chi connectivity index (χ4n) is 7.55. The van der Waals surface area contributed by atoms with Crippen molar-refractivity contribution in [3.63, 3.8) is 0 Å². The van der Waals surface area contributed by atoms with Gasteiger partial charge < -0.3 is 39.4 Å². The molecular formula is C46H90O9. The molecule has 0 aromatic heterocycles. The van der Waals surface area contributed by atoms with E-state index in [1.165, 1.54) is 173 Å². The molecule has 9 nitrogen and oxygen atoms in total. The minimum Gasteiger partial charge on any atom is -0.457 e. The molecule has 0 radical (unpaired) electrons. The van der Waals surface area contributed by atoms with E-state index in [1.807, 2.05) is 0 Å². The number of rotatable bonds is 41. The van der Waals surface area contributed by atoms with Crippen LogP contribution in [0, 0.1) is 0 Å². The second-order valence-corrected chi connectivity index (χ2v) is 16.6. The van der Waals surface area contributed by atoms with Gasteiger partial charge in [0.1, 0.15) is 30.5 Å². The van der Waals surface area contributed by atoms with Crippen LogP contribution in [0.4, 0.5) is 0 Å². The molecule has 1 saturated heterocycles. The van der Waals surface area contributed by atoms with Crippen molar-refractivity contribution in [2.45, 2.75) is 263 Å². The highest BCUT2D eigenvalue weighted by atomic mass is 16.7. The largest absolute Gasteiger partial charge is 0.457 e. The summed E-state index contributed by atoms with van der Waals surface area (Å²) < 4.78 is 22.8. The summed E-state index contributed by atoms with van der Waals surface area (Å²) in [5.41, 5.74) is 0. The normalized spacial score (nSPS) is 20.6. The average molecular weight is 787 g/mol. The standard InChI is InChI=1S/C46H90O9/c1-3-5-7-9-11-13-14-15-16-17-18-19-20-21-22-23-24-25-26-28-30-32-34-36-52-38-40(39-53-46-45(51)44(50)43(49)41(37-47)55-46)54-42(48)35-33-31-29-27-12-10-8-6-4-2/h40-41,43-47,49-51H,3-39H2,1-2H3. The Morgan fingerprint density at radius 3 is 1.29 bits per heavy atom. The predicted octanol–water partition coefficient (Wildman–Crippen LogP) is 10.6. The van der Waals surface area contributed by atoms with E-state index in [2.05, 4.69) is 13.8 Å². The highest BCUT2D eigenvalue weighted by Crippen LogP contribution is 2.23. The van der Waals surface area contributed by atoms with Crippen molar-refractivity contribution in [1.29, 1.82) is 0 Å². The van der Waals surface area contributed by atoms with Gasteiger partial charge in [0.05, 0.1) is 19.8 Å². The molecule has 0 spiro atoms. The zero-order chi connectivity index (χ0) is 40.0. The number of esters is 1. The van der Waals surface area contributed by atoms with Gasteiger partial charge in [-0.15, -0.1) is 0 Å². The summed E-state index contributed by atoms with van der Waals surface area (Å²) in [6.07, 6.45) is 34.4. The van der Waals surface area contributed by atoms with E-state index in [1.54, 1.807) is 0 Å². The zero-order valence-electron chi connectivity index (χ0n) is 36.0. The van der Waals surface area contributed by atoms with E-state index in [0.717, 1.165) is 32.1 Å². The number of aliphatic hydroxyl groups excluding tert-OH is 4. The molecule has 1 rings (SSSR count). The Labute approximate surface area is 338 Å². The molecule has 1 aliphatic rings. The van der Waals surface area contributed by atoms with E-state index < -0.39 is 43.4 Å². The summed E-state index contributed by atoms with van der Waals surface area (Å²) in [6.45, 7) is 4.58. The number of unbranched alkanes of at least 4 members (excludes halogenated alkanes) is 30. The first-order valence-corrected chi connectivity index (χ1v) is 23.6. The van der Waals surface area contributed by atoms with E-state index in [-0.39, 0.29) is 19.2 Å². The van der Waals surface area contributed by atoms with Crippen LogP contribution in [-0.4, -0.2) is 89.6 Å². The highest BCUT2D eigenvalue weighted by molar-refractivity contribution is 5.69. The third-order valence-corrected chi connectivity index (χ3v) is 11.3. The molecule has 0 aromatic rings.